The van der Waals surface area contributed by atoms with Crippen molar-refractivity contribution in [2.75, 3.05) is 33.9 Å². The molecule has 14 heavy (non-hydrogen) atoms. The summed E-state index contributed by atoms with van der Waals surface area (Å²) in [6.07, 6.45) is 1.04. The molecular formula is C9H16BrNO3. The second kappa shape index (κ2) is 5.68. The zero-order valence-electron chi connectivity index (χ0n) is 8.53. The molecule has 0 saturated carbocycles. The second-order valence-corrected chi connectivity index (χ2v) is 4.55. The van der Waals surface area contributed by atoms with Gasteiger partial charge in [-0.25, -0.2) is 0 Å². The van der Waals surface area contributed by atoms with Gasteiger partial charge in [0.25, 0.3) is 0 Å². The molecular weight excluding hydrogens is 250 g/mol. The highest BCUT2D eigenvalue weighted by Gasteiger charge is 2.24. The van der Waals surface area contributed by atoms with Gasteiger partial charge in [-0.05, 0) is 13.5 Å². The standard InChI is InChI=1S/C9H16BrNO3/c1-11(7-3-4-14-6-7)5-8(10)9(12)13-2/h7-8H,3-6H2,1-2H3. The number of carbonyl (C=O) groups is 1. The maximum Gasteiger partial charge on any atom is 0.320 e. The van der Waals surface area contributed by atoms with Gasteiger partial charge in [0.15, 0.2) is 0 Å². The third-order valence-electron chi connectivity index (χ3n) is 2.43. The lowest BCUT2D eigenvalue weighted by molar-refractivity contribution is -0.140. The summed E-state index contributed by atoms with van der Waals surface area (Å²) in [6.45, 7) is 2.23. The number of hydrogen-bond acceptors (Lipinski definition) is 4. The van der Waals surface area contributed by atoms with Crippen molar-refractivity contribution in [1.82, 2.24) is 4.90 Å². The van der Waals surface area contributed by atoms with Crippen LogP contribution in [0.15, 0.2) is 0 Å². The molecule has 0 aromatic carbocycles. The molecule has 1 rings (SSSR count). The molecule has 1 aliphatic heterocycles. The van der Waals surface area contributed by atoms with E-state index in [1.165, 1.54) is 7.11 Å². The van der Waals surface area contributed by atoms with Crippen molar-refractivity contribution in [1.29, 1.82) is 0 Å². The van der Waals surface area contributed by atoms with Gasteiger partial charge in [-0.1, -0.05) is 15.9 Å². The Hall–Kier alpha value is -0.130. The molecule has 1 aliphatic rings. The van der Waals surface area contributed by atoms with E-state index >= 15 is 0 Å². The predicted octanol–water partition coefficient (Wildman–Crippen LogP) is 0.644. The number of alkyl halides is 1. The molecule has 1 heterocycles. The van der Waals surface area contributed by atoms with Gasteiger partial charge in [-0.15, -0.1) is 0 Å². The first-order chi connectivity index (χ1) is 6.65. The minimum atomic E-state index is -0.252. The SMILES string of the molecule is COC(=O)C(Br)CN(C)C1CCOC1. The van der Waals surface area contributed by atoms with E-state index in [-0.39, 0.29) is 10.8 Å². The van der Waals surface area contributed by atoms with Crippen LogP contribution in [0.3, 0.4) is 0 Å². The largest absolute Gasteiger partial charge is 0.468 e. The van der Waals surface area contributed by atoms with Gasteiger partial charge in [0, 0.05) is 19.2 Å². The lowest BCUT2D eigenvalue weighted by atomic mass is 10.2. The van der Waals surface area contributed by atoms with Crippen molar-refractivity contribution in [3.8, 4) is 0 Å². The zero-order valence-corrected chi connectivity index (χ0v) is 10.1. The van der Waals surface area contributed by atoms with Crippen LogP contribution in [0.1, 0.15) is 6.42 Å². The number of ether oxygens (including phenoxy) is 2. The van der Waals surface area contributed by atoms with Crippen LogP contribution in [0.4, 0.5) is 0 Å². The van der Waals surface area contributed by atoms with Crippen molar-refractivity contribution in [2.24, 2.45) is 0 Å². The van der Waals surface area contributed by atoms with Crippen molar-refractivity contribution in [3.63, 3.8) is 0 Å². The summed E-state index contributed by atoms with van der Waals surface area (Å²) in [6, 6.07) is 0.430. The third-order valence-corrected chi connectivity index (χ3v) is 3.10. The Labute approximate surface area is 92.7 Å². The minimum absolute atomic E-state index is 0.226. The highest BCUT2D eigenvalue weighted by atomic mass is 79.9. The minimum Gasteiger partial charge on any atom is -0.468 e. The molecule has 4 nitrogen and oxygen atoms in total. The molecule has 0 aliphatic carbocycles. The van der Waals surface area contributed by atoms with E-state index in [0.717, 1.165) is 19.6 Å². The van der Waals surface area contributed by atoms with Crippen LogP contribution in [0, 0.1) is 0 Å². The number of nitrogens with zero attached hydrogens (tertiary/aromatic N) is 1. The van der Waals surface area contributed by atoms with E-state index in [1.807, 2.05) is 7.05 Å². The molecule has 1 saturated heterocycles. The average molecular weight is 266 g/mol. The first kappa shape index (κ1) is 11.9. The maximum absolute atomic E-state index is 11.1. The number of hydrogen-bond donors (Lipinski definition) is 0. The lowest BCUT2D eigenvalue weighted by Gasteiger charge is -2.24. The van der Waals surface area contributed by atoms with Crippen molar-refractivity contribution in [2.45, 2.75) is 17.3 Å². The molecule has 2 unspecified atom stereocenters. The zero-order chi connectivity index (χ0) is 10.6. The summed E-state index contributed by atoms with van der Waals surface area (Å²) >= 11 is 3.29. The Balaban J connectivity index is 2.31. The molecule has 0 bridgehead atoms. The Kier molecular flexibility index (Phi) is 4.84. The van der Waals surface area contributed by atoms with Crippen LogP contribution in [0.25, 0.3) is 0 Å². The van der Waals surface area contributed by atoms with Crippen molar-refractivity contribution >= 4 is 21.9 Å². The smallest absolute Gasteiger partial charge is 0.320 e. The maximum atomic E-state index is 11.1. The fourth-order valence-corrected chi connectivity index (χ4v) is 2.12. The molecule has 2 atom stereocenters. The lowest BCUT2D eigenvalue weighted by Crippen LogP contribution is -2.38. The summed E-state index contributed by atoms with van der Waals surface area (Å²) in [4.78, 5) is 13.0. The summed E-state index contributed by atoms with van der Waals surface area (Å²) in [5, 5.41) is 0. The van der Waals surface area contributed by atoms with Crippen LogP contribution in [0.5, 0.6) is 0 Å². The summed E-state index contributed by atoms with van der Waals surface area (Å²) in [5.41, 5.74) is 0. The van der Waals surface area contributed by atoms with E-state index in [9.17, 15) is 4.79 Å². The fraction of sp³-hybridized carbons (Fsp3) is 0.889. The Morgan fingerprint density at radius 2 is 2.50 bits per heavy atom. The molecule has 0 amide bonds. The van der Waals surface area contributed by atoms with Crippen molar-refractivity contribution in [3.05, 3.63) is 0 Å². The van der Waals surface area contributed by atoms with Crippen LogP contribution >= 0.6 is 15.9 Å². The van der Waals surface area contributed by atoms with E-state index in [1.54, 1.807) is 0 Å². The van der Waals surface area contributed by atoms with Gasteiger partial charge in [-0.2, -0.15) is 0 Å². The molecule has 0 aromatic rings. The fourth-order valence-electron chi connectivity index (χ4n) is 1.47. The third kappa shape index (κ3) is 3.22. The summed E-state index contributed by atoms with van der Waals surface area (Å²) in [7, 11) is 3.39. The second-order valence-electron chi connectivity index (χ2n) is 3.45. The van der Waals surface area contributed by atoms with Crippen LogP contribution in [-0.4, -0.2) is 55.7 Å². The first-order valence-electron chi connectivity index (χ1n) is 4.65. The molecule has 0 aromatic heterocycles. The first-order valence-corrected chi connectivity index (χ1v) is 5.56. The van der Waals surface area contributed by atoms with Gasteiger partial charge in [-0.3, -0.25) is 9.69 Å². The normalized spacial score (nSPS) is 23.9. The molecule has 0 spiro atoms. The summed E-state index contributed by atoms with van der Waals surface area (Å²) in [5.74, 6) is -0.226. The topological polar surface area (TPSA) is 38.8 Å². The molecule has 82 valence electrons. The predicted molar refractivity (Wildman–Crippen MR) is 56.6 cm³/mol. The van der Waals surface area contributed by atoms with Gasteiger partial charge in [0.05, 0.1) is 13.7 Å². The quantitative estimate of drug-likeness (QED) is 0.553. The summed E-state index contributed by atoms with van der Waals surface area (Å²) < 4.78 is 9.91. The number of halogens is 1. The molecule has 0 N–H and O–H groups in total. The average Bonchev–Trinajstić information content (AvgIpc) is 2.69. The Bertz CT molecular complexity index is 194. The van der Waals surface area contributed by atoms with Crippen LogP contribution < -0.4 is 0 Å². The van der Waals surface area contributed by atoms with Crippen molar-refractivity contribution < 1.29 is 14.3 Å². The molecule has 5 heteroatoms. The highest BCUT2D eigenvalue weighted by Crippen LogP contribution is 2.13. The van der Waals surface area contributed by atoms with E-state index in [4.69, 9.17) is 4.74 Å². The number of carbonyl (C=O) groups excluding carboxylic acids is 1. The van der Waals surface area contributed by atoms with E-state index in [2.05, 4.69) is 25.6 Å². The van der Waals surface area contributed by atoms with Crippen LogP contribution in [0.2, 0.25) is 0 Å². The van der Waals surface area contributed by atoms with Crippen LogP contribution in [-0.2, 0) is 14.3 Å². The van der Waals surface area contributed by atoms with Gasteiger partial charge < -0.3 is 9.47 Å². The Morgan fingerprint density at radius 3 is 3.00 bits per heavy atom. The Morgan fingerprint density at radius 1 is 1.79 bits per heavy atom. The number of methoxy groups -OCH3 is 1. The van der Waals surface area contributed by atoms with E-state index in [0.29, 0.717) is 12.6 Å². The highest BCUT2D eigenvalue weighted by molar-refractivity contribution is 9.10. The molecule has 0 radical (unpaired) electrons. The van der Waals surface area contributed by atoms with E-state index < -0.39 is 0 Å². The van der Waals surface area contributed by atoms with Gasteiger partial charge in [0.1, 0.15) is 4.83 Å². The van der Waals surface area contributed by atoms with Gasteiger partial charge in [0.2, 0.25) is 0 Å². The monoisotopic (exact) mass is 265 g/mol. The molecule has 1 fully saturated rings. The van der Waals surface area contributed by atoms with Gasteiger partial charge >= 0.3 is 5.97 Å². The number of esters is 1. The number of rotatable bonds is 4. The number of likely N-dealkylation sites (N-methyl/N-ethyl adjacent to an activating group) is 1.